The zero-order chi connectivity index (χ0) is 26.1. The van der Waals surface area contributed by atoms with Gasteiger partial charge in [0.1, 0.15) is 5.75 Å². The van der Waals surface area contributed by atoms with E-state index in [1.807, 2.05) is 42.5 Å². The zero-order valence-electron chi connectivity index (χ0n) is 20.6. The number of nitrogens with one attached hydrogen (secondary N) is 1. The minimum atomic E-state index is -0.519. The van der Waals surface area contributed by atoms with Crippen LogP contribution in [0, 0.1) is 0 Å². The summed E-state index contributed by atoms with van der Waals surface area (Å²) >= 11 is 7.21. The lowest BCUT2D eigenvalue weighted by Crippen LogP contribution is -2.39. The van der Waals surface area contributed by atoms with E-state index in [0.717, 1.165) is 53.7 Å². The van der Waals surface area contributed by atoms with Gasteiger partial charge in [-0.25, -0.2) is 0 Å². The topological polar surface area (TPSA) is 75.7 Å². The number of ether oxygens (including phenoxy) is 1. The average molecular weight is 628 g/mol. The SMILES string of the molecule is CCN1C2=C(C(=O)CCC2)C(c2cc(Br)cc(Br)c2OCC(=O)Nc2ccccc2)C2=C1CCCC2=O. The summed E-state index contributed by atoms with van der Waals surface area (Å²) in [5, 5.41) is 2.84. The summed E-state index contributed by atoms with van der Waals surface area (Å²) in [6.07, 6.45) is 4.16. The normalized spacial score (nSPS) is 18.1. The monoisotopic (exact) mass is 626 g/mol. The van der Waals surface area contributed by atoms with Gasteiger partial charge in [-0.05, 0) is 72.8 Å². The van der Waals surface area contributed by atoms with Crippen LogP contribution in [0.1, 0.15) is 56.9 Å². The number of nitrogens with zero attached hydrogens (tertiary/aromatic N) is 1. The van der Waals surface area contributed by atoms with Crippen LogP contribution in [-0.4, -0.2) is 35.5 Å². The highest BCUT2D eigenvalue weighted by Gasteiger charge is 2.44. The predicted octanol–water partition coefficient (Wildman–Crippen LogP) is 6.66. The van der Waals surface area contributed by atoms with E-state index in [9.17, 15) is 14.4 Å². The van der Waals surface area contributed by atoms with Gasteiger partial charge in [-0.2, -0.15) is 0 Å². The van der Waals surface area contributed by atoms with Crippen LogP contribution in [0.5, 0.6) is 5.75 Å². The van der Waals surface area contributed by atoms with Crippen molar-refractivity contribution in [2.45, 2.75) is 51.4 Å². The van der Waals surface area contributed by atoms with Crippen LogP contribution in [0.4, 0.5) is 5.69 Å². The summed E-state index contributed by atoms with van der Waals surface area (Å²) in [5.41, 5.74) is 4.86. The summed E-state index contributed by atoms with van der Waals surface area (Å²) in [5.74, 6) is -0.182. The van der Waals surface area contributed by atoms with Gasteiger partial charge >= 0.3 is 0 Å². The van der Waals surface area contributed by atoms with Gasteiger partial charge in [0.05, 0.1) is 4.47 Å². The van der Waals surface area contributed by atoms with Gasteiger partial charge in [-0.3, -0.25) is 14.4 Å². The Morgan fingerprint density at radius 2 is 1.59 bits per heavy atom. The third-order valence-corrected chi connectivity index (χ3v) is 8.20. The molecular formula is C29H28Br2N2O4. The van der Waals surface area contributed by atoms with Crippen molar-refractivity contribution in [3.63, 3.8) is 0 Å². The second-order valence-corrected chi connectivity index (χ2v) is 11.2. The molecule has 37 heavy (non-hydrogen) atoms. The molecule has 0 radical (unpaired) electrons. The number of benzene rings is 2. The van der Waals surface area contributed by atoms with Crippen molar-refractivity contribution in [2.24, 2.45) is 0 Å². The molecule has 0 bridgehead atoms. The van der Waals surface area contributed by atoms with Crippen molar-refractivity contribution >= 4 is 55.0 Å². The highest BCUT2D eigenvalue weighted by molar-refractivity contribution is 9.11. The van der Waals surface area contributed by atoms with Gasteiger partial charge in [-0.1, -0.05) is 34.1 Å². The van der Waals surface area contributed by atoms with E-state index in [2.05, 4.69) is 49.0 Å². The molecule has 5 rings (SSSR count). The quantitative estimate of drug-likeness (QED) is 0.388. The molecule has 0 unspecified atom stereocenters. The number of para-hydroxylation sites is 1. The van der Waals surface area contributed by atoms with E-state index in [1.165, 1.54) is 0 Å². The molecule has 1 N–H and O–H groups in total. The molecule has 2 aliphatic carbocycles. The Bertz CT molecular complexity index is 1290. The van der Waals surface area contributed by atoms with Crippen molar-refractivity contribution in [1.29, 1.82) is 0 Å². The van der Waals surface area contributed by atoms with Crippen LogP contribution in [-0.2, 0) is 14.4 Å². The molecule has 1 amide bonds. The van der Waals surface area contributed by atoms with Gasteiger partial charge in [0.2, 0.25) is 0 Å². The summed E-state index contributed by atoms with van der Waals surface area (Å²) in [4.78, 5) is 41.8. The number of Topliss-reactive ketones (excluding diaryl/α,β-unsaturated/α-hetero) is 2. The van der Waals surface area contributed by atoms with Crippen molar-refractivity contribution < 1.29 is 19.1 Å². The third-order valence-electron chi connectivity index (χ3n) is 7.16. The van der Waals surface area contributed by atoms with Gasteiger partial charge in [0, 0.05) is 63.6 Å². The van der Waals surface area contributed by atoms with Gasteiger partial charge < -0.3 is 15.0 Å². The average Bonchev–Trinajstić information content (AvgIpc) is 2.87. The minimum Gasteiger partial charge on any atom is -0.482 e. The number of hydrogen-bond donors (Lipinski definition) is 1. The Morgan fingerprint density at radius 3 is 2.19 bits per heavy atom. The minimum absolute atomic E-state index is 0.0819. The van der Waals surface area contributed by atoms with E-state index in [-0.39, 0.29) is 24.1 Å². The number of ketones is 2. The zero-order valence-corrected chi connectivity index (χ0v) is 23.8. The largest absolute Gasteiger partial charge is 0.482 e. The second kappa shape index (κ2) is 11.0. The predicted molar refractivity (Wildman–Crippen MR) is 149 cm³/mol. The Labute approximate surface area is 233 Å². The first-order valence-electron chi connectivity index (χ1n) is 12.7. The number of amides is 1. The summed E-state index contributed by atoms with van der Waals surface area (Å²) in [7, 11) is 0. The Kier molecular flexibility index (Phi) is 7.67. The van der Waals surface area contributed by atoms with Crippen LogP contribution in [0.25, 0.3) is 0 Å². The lowest BCUT2D eigenvalue weighted by molar-refractivity contribution is -0.119. The molecule has 6 nitrogen and oxygen atoms in total. The molecule has 0 aromatic heterocycles. The fourth-order valence-electron chi connectivity index (χ4n) is 5.71. The molecule has 192 valence electrons. The number of rotatable bonds is 6. The van der Waals surface area contributed by atoms with Gasteiger partial charge in [0.25, 0.3) is 5.91 Å². The van der Waals surface area contributed by atoms with Crippen LogP contribution in [0.2, 0.25) is 0 Å². The van der Waals surface area contributed by atoms with Crippen molar-refractivity contribution in [3.8, 4) is 5.75 Å². The molecule has 2 aromatic rings. The summed E-state index contributed by atoms with van der Waals surface area (Å²) in [6, 6.07) is 13.0. The first-order chi connectivity index (χ1) is 17.9. The maximum absolute atomic E-state index is 13.5. The highest BCUT2D eigenvalue weighted by atomic mass is 79.9. The number of hydrogen-bond acceptors (Lipinski definition) is 5. The number of carbonyl (C=O) groups excluding carboxylic acids is 3. The number of anilines is 1. The molecule has 0 saturated heterocycles. The molecule has 8 heteroatoms. The fourth-order valence-corrected chi connectivity index (χ4v) is 7.09. The van der Waals surface area contributed by atoms with Crippen molar-refractivity contribution in [1.82, 2.24) is 4.90 Å². The number of allylic oxidation sites excluding steroid dienone is 4. The number of halogens is 2. The van der Waals surface area contributed by atoms with E-state index < -0.39 is 5.92 Å². The van der Waals surface area contributed by atoms with E-state index >= 15 is 0 Å². The van der Waals surface area contributed by atoms with Gasteiger partial charge in [-0.15, -0.1) is 0 Å². The number of carbonyl (C=O) groups is 3. The van der Waals surface area contributed by atoms with Gasteiger partial charge in [0.15, 0.2) is 18.2 Å². The van der Waals surface area contributed by atoms with Crippen LogP contribution in [0.3, 0.4) is 0 Å². The Hall–Kier alpha value is -2.71. The first kappa shape index (κ1) is 25.9. The highest BCUT2D eigenvalue weighted by Crippen LogP contribution is 2.52. The van der Waals surface area contributed by atoms with E-state index in [0.29, 0.717) is 39.9 Å². The maximum atomic E-state index is 13.5. The third kappa shape index (κ3) is 5.06. The molecule has 2 aromatic carbocycles. The van der Waals surface area contributed by atoms with Crippen LogP contribution < -0.4 is 10.1 Å². The Balaban J connectivity index is 1.58. The summed E-state index contributed by atoms with van der Waals surface area (Å²) < 4.78 is 7.58. The molecule has 1 heterocycles. The molecule has 0 saturated carbocycles. The maximum Gasteiger partial charge on any atom is 0.262 e. The molecule has 1 aliphatic heterocycles. The second-order valence-electron chi connectivity index (χ2n) is 9.46. The van der Waals surface area contributed by atoms with Crippen molar-refractivity contribution in [2.75, 3.05) is 18.5 Å². The van der Waals surface area contributed by atoms with E-state index in [4.69, 9.17) is 4.74 Å². The Morgan fingerprint density at radius 1 is 0.973 bits per heavy atom. The molecule has 0 spiro atoms. The fraction of sp³-hybridized carbons (Fsp3) is 0.345. The smallest absolute Gasteiger partial charge is 0.262 e. The molecule has 3 aliphatic rings. The molecular weight excluding hydrogens is 600 g/mol. The first-order valence-corrected chi connectivity index (χ1v) is 14.2. The van der Waals surface area contributed by atoms with E-state index in [1.54, 1.807) is 0 Å². The summed E-state index contributed by atoms with van der Waals surface area (Å²) in [6.45, 7) is 2.58. The van der Waals surface area contributed by atoms with Crippen LogP contribution >= 0.6 is 31.9 Å². The standard InChI is InChI=1S/C29H28Br2N2O4/c1-2-33-21-10-6-12-23(34)27(21)26(28-22(33)11-7-13-24(28)35)19-14-17(30)15-20(31)29(19)37-16-25(36)32-18-8-4-3-5-9-18/h3-5,8-9,14-15,26H,2,6-7,10-13,16H2,1H3,(H,32,36). The lowest BCUT2D eigenvalue weighted by Gasteiger charge is -2.43. The molecule has 0 fully saturated rings. The molecule has 0 atom stereocenters. The van der Waals surface area contributed by atoms with Crippen molar-refractivity contribution in [3.05, 3.63) is 79.5 Å². The lowest BCUT2D eigenvalue weighted by atomic mass is 9.70. The van der Waals surface area contributed by atoms with Crippen LogP contribution in [0.15, 0.2) is 74.0 Å².